The van der Waals surface area contributed by atoms with Crippen molar-refractivity contribution < 1.29 is 4.74 Å². The maximum atomic E-state index is 6.18. The van der Waals surface area contributed by atoms with Gasteiger partial charge in [-0.2, -0.15) is 0 Å². The SMILES string of the molecule is NC1CCCCCC1OCc1nc2ccccc2s1. The van der Waals surface area contributed by atoms with E-state index in [1.54, 1.807) is 11.3 Å². The summed E-state index contributed by atoms with van der Waals surface area (Å²) in [7, 11) is 0. The van der Waals surface area contributed by atoms with Crippen LogP contribution in [0.15, 0.2) is 24.3 Å². The van der Waals surface area contributed by atoms with Gasteiger partial charge in [0, 0.05) is 6.04 Å². The smallest absolute Gasteiger partial charge is 0.120 e. The molecular weight excluding hydrogens is 256 g/mol. The average molecular weight is 276 g/mol. The molecule has 1 aromatic carbocycles. The summed E-state index contributed by atoms with van der Waals surface area (Å²) in [5, 5.41) is 1.05. The predicted octanol–water partition coefficient (Wildman–Crippen LogP) is 3.47. The summed E-state index contributed by atoms with van der Waals surface area (Å²) in [6.45, 7) is 0.595. The van der Waals surface area contributed by atoms with Crippen LogP contribution in [0, 0.1) is 0 Å². The zero-order valence-electron chi connectivity index (χ0n) is 11.0. The number of thiazole rings is 1. The number of nitrogens with two attached hydrogens (primary N) is 1. The first-order valence-electron chi connectivity index (χ1n) is 7.04. The number of hydrogen-bond donors (Lipinski definition) is 1. The van der Waals surface area contributed by atoms with Gasteiger partial charge in [0.05, 0.1) is 22.9 Å². The lowest BCUT2D eigenvalue weighted by Crippen LogP contribution is -2.35. The van der Waals surface area contributed by atoms with Crippen LogP contribution >= 0.6 is 11.3 Å². The second kappa shape index (κ2) is 5.99. The lowest BCUT2D eigenvalue weighted by atomic mass is 10.1. The van der Waals surface area contributed by atoms with E-state index in [2.05, 4.69) is 11.1 Å². The summed E-state index contributed by atoms with van der Waals surface area (Å²) in [6.07, 6.45) is 6.14. The Labute approximate surface area is 117 Å². The van der Waals surface area contributed by atoms with Crippen LogP contribution in [0.2, 0.25) is 0 Å². The van der Waals surface area contributed by atoms with Gasteiger partial charge in [-0.1, -0.05) is 31.4 Å². The van der Waals surface area contributed by atoms with Crippen LogP contribution in [0.5, 0.6) is 0 Å². The average Bonchev–Trinajstić information content (AvgIpc) is 2.73. The van der Waals surface area contributed by atoms with Gasteiger partial charge in [0.1, 0.15) is 5.01 Å². The number of fused-ring (bicyclic) bond motifs is 1. The van der Waals surface area contributed by atoms with Crippen LogP contribution in [0.3, 0.4) is 0 Å². The molecule has 2 N–H and O–H groups in total. The first-order chi connectivity index (χ1) is 9.33. The van der Waals surface area contributed by atoms with Gasteiger partial charge in [-0.25, -0.2) is 4.98 Å². The van der Waals surface area contributed by atoms with Crippen molar-refractivity contribution in [1.82, 2.24) is 4.98 Å². The van der Waals surface area contributed by atoms with Gasteiger partial charge < -0.3 is 10.5 Å². The minimum atomic E-state index is 0.192. The van der Waals surface area contributed by atoms with E-state index in [9.17, 15) is 0 Å². The van der Waals surface area contributed by atoms with E-state index in [0.29, 0.717) is 6.61 Å². The second-order valence-electron chi connectivity index (χ2n) is 5.23. The molecule has 0 radical (unpaired) electrons. The molecular formula is C15H20N2OS. The highest BCUT2D eigenvalue weighted by atomic mass is 32.1. The predicted molar refractivity (Wildman–Crippen MR) is 79.3 cm³/mol. The molecule has 3 rings (SSSR count). The lowest BCUT2D eigenvalue weighted by molar-refractivity contribution is 0.0194. The maximum Gasteiger partial charge on any atom is 0.120 e. The molecule has 1 heterocycles. The third kappa shape index (κ3) is 3.14. The van der Waals surface area contributed by atoms with E-state index >= 15 is 0 Å². The number of hydrogen-bond acceptors (Lipinski definition) is 4. The number of para-hydroxylation sites is 1. The molecule has 2 atom stereocenters. The highest BCUT2D eigenvalue weighted by Gasteiger charge is 2.21. The van der Waals surface area contributed by atoms with Crippen molar-refractivity contribution in [1.29, 1.82) is 0 Å². The first-order valence-corrected chi connectivity index (χ1v) is 7.86. The summed E-state index contributed by atoms with van der Waals surface area (Å²) in [5.74, 6) is 0. The molecule has 4 heteroatoms. The maximum absolute atomic E-state index is 6.18. The molecule has 19 heavy (non-hydrogen) atoms. The summed E-state index contributed by atoms with van der Waals surface area (Å²) in [5.41, 5.74) is 7.24. The van der Waals surface area contributed by atoms with Crippen LogP contribution in [-0.4, -0.2) is 17.1 Å². The van der Waals surface area contributed by atoms with E-state index in [1.165, 1.54) is 24.0 Å². The molecule has 2 unspecified atom stereocenters. The standard InChI is InChI=1S/C15H20N2OS/c16-11-6-2-1-3-8-13(11)18-10-15-17-12-7-4-5-9-14(12)19-15/h4-5,7,9,11,13H,1-3,6,8,10,16H2. The lowest BCUT2D eigenvalue weighted by Gasteiger charge is -2.21. The van der Waals surface area contributed by atoms with Crippen molar-refractivity contribution in [2.24, 2.45) is 5.73 Å². The first kappa shape index (κ1) is 13.0. The van der Waals surface area contributed by atoms with Gasteiger partial charge in [0.15, 0.2) is 0 Å². The monoisotopic (exact) mass is 276 g/mol. The van der Waals surface area contributed by atoms with E-state index < -0.39 is 0 Å². The second-order valence-corrected chi connectivity index (χ2v) is 6.34. The molecule has 1 aliphatic rings. The van der Waals surface area contributed by atoms with Gasteiger partial charge in [-0.15, -0.1) is 11.3 Å². The summed E-state index contributed by atoms with van der Waals surface area (Å²) >= 11 is 1.72. The molecule has 0 spiro atoms. The molecule has 1 fully saturated rings. The number of ether oxygens (including phenoxy) is 1. The van der Waals surface area contributed by atoms with Crippen molar-refractivity contribution in [3.05, 3.63) is 29.3 Å². The molecule has 1 aliphatic carbocycles. The van der Waals surface area contributed by atoms with Crippen molar-refractivity contribution in [2.75, 3.05) is 0 Å². The van der Waals surface area contributed by atoms with Gasteiger partial charge in [0.25, 0.3) is 0 Å². The van der Waals surface area contributed by atoms with Crippen LogP contribution in [0.4, 0.5) is 0 Å². The Morgan fingerprint density at radius 2 is 2.05 bits per heavy atom. The number of nitrogens with zero attached hydrogens (tertiary/aromatic N) is 1. The van der Waals surface area contributed by atoms with E-state index in [1.807, 2.05) is 18.2 Å². The molecule has 0 saturated heterocycles. The topological polar surface area (TPSA) is 48.1 Å². The highest BCUT2D eigenvalue weighted by molar-refractivity contribution is 7.18. The van der Waals surface area contributed by atoms with Gasteiger partial charge in [0.2, 0.25) is 0 Å². The quantitative estimate of drug-likeness (QED) is 0.873. The van der Waals surface area contributed by atoms with E-state index in [4.69, 9.17) is 10.5 Å². The normalized spacial score (nSPS) is 24.5. The van der Waals surface area contributed by atoms with Crippen molar-refractivity contribution in [2.45, 2.75) is 50.9 Å². The molecule has 0 amide bonds. The highest BCUT2D eigenvalue weighted by Crippen LogP contribution is 2.24. The molecule has 2 aromatic rings. The Hall–Kier alpha value is -0.970. The molecule has 3 nitrogen and oxygen atoms in total. The van der Waals surface area contributed by atoms with Crippen LogP contribution in [-0.2, 0) is 11.3 Å². The third-order valence-electron chi connectivity index (χ3n) is 3.76. The Morgan fingerprint density at radius 1 is 1.21 bits per heavy atom. The Balaban J connectivity index is 1.64. The fourth-order valence-corrected chi connectivity index (χ4v) is 3.56. The van der Waals surface area contributed by atoms with Crippen LogP contribution < -0.4 is 5.73 Å². The van der Waals surface area contributed by atoms with Crippen LogP contribution in [0.25, 0.3) is 10.2 Å². The van der Waals surface area contributed by atoms with Gasteiger partial charge in [-0.3, -0.25) is 0 Å². The number of aromatic nitrogens is 1. The van der Waals surface area contributed by atoms with Crippen molar-refractivity contribution in [3.63, 3.8) is 0 Å². The fourth-order valence-electron chi connectivity index (χ4n) is 2.67. The van der Waals surface area contributed by atoms with E-state index in [-0.39, 0.29) is 12.1 Å². The Morgan fingerprint density at radius 3 is 2.95 bits per heavy atom. The molecule has 0 aliphatic heterocycles. The van der Waals surface area contributed by atoms with Crippen LogP contribution in [0.1, 0.15) is 37.1 Å². The minimum Gasteiger partial charge on any atom is -0.369 e. The third-order valence-corrected chi connectivity index (χ3v) is 4.77. The summed E-state index contributed by atoms with van der Waals surface area (Å²) in [6, 6.07) is 8.41. The molecule has 1 aromatic heterocycles. The Bertz CT molecular complexity index is 507. The Kier molecular flexibility index (Phi) is 4.11. The molecule has 0 bridgehead atoms. The van der Waals surface area contributed by atoms with Crippen molar-refractivity contribution in [3.8, 4) is 0 Å². The zero-order chi connectivity index (χ0) is 13.1. The zero-order valence-corrected chi connectivity index (χ0v) is 11.9. The molecule has 1 saturated carbocycles. The van der Waals surface area contributed by atoms with E-state index in [0.717, 1.165) is 23.4 Å². The summed E-state index contributed by atoms with van der Waals surface area (Å²) in [4.78, 5) is 4.60. The fraction of sp³-hybridized carbons (Fsp3) is 0.533. The van der Waals surface area contributed by atoms with Gasteiger partial charge >= 0.3 is 0 Å². The molecule has 102 valence electrons. The van der Waals surface area contributed by atoms with Gasteiger partial charge in [-0.05, 0) is 25.0 Å². The van der Waals surface area contributed by atoms with Crippen molar-refractivity contribution >= 4 is 21.6 Å². The number of rotatable bonds is 3. The number of benzene rings is 1. The minimum absolute atomic E-state index is 0.192. The summed E-state index contributed by atoms with van der Waals surface area (Å²) < 4.78 is 7.24. The largest absolute Gasteiger partial charge is 0.369 e.